The van der Waals surface area contributed by atoms with Crippen molar-refractivity contribution < 1.29 is 29.1 Å². The molecule has 0 atom stereocenters. The minimum Gasteiger partial charge on any atom is -0.480 e. The fourth-order valence-electron chi connectivity index (χ4n) is 2.31. The fourth-order valence-corrected chi connectivity index (χ4v) is 2.31. The molecule has 0 amide bonds. The van der Waals surface area contributed by atoms with Gasteiger partial charge in [0.2, 0.25) is 5.82 Å². The Hall–Kier alpha value is -2.51. The zero-order valence-corrected chi connectivity index (χ0v) is 11.4. The van der Waals surface area contributed by atoms with Gasteiger partial charge in [0.05, 0.1) is 4.92 Å². The van der Waals surface area contributed by atoms with Crippen molar-refractivity contribution in [2.75, 3.05) is 0 Å². The van der Waals surface area contributed by atoms with Crippen LogP contribution in [0.2, 0.25) is 0 Å². The molecule has 0 fully saturated rings. The summed E-state index contributed by atoms with van der Waals surface area (Å²) in [7, 11) is 0. The number of hydrogen-bond donors (Lipinski definition) is 2. The first-order chi connectivity index (χ1) is 9.73. The van der Waals surface area contributed by atoms with Crippen LogP contribution in [-0.2, 0) is 21.4 Å². The van der Waals surface area contributed by atoms with Crippen LogP contribution in [0.15, 0.2) is 12.1 Å². The van der Waals surface area contributed by atoms with Crippen molar-refractivity contribution in [1.29, 1.82) is 0 Å². The summed E-state index contributed by atoms with van der Waals surface area (Å²) < 4.78 is 14.2. The van der Waals surface area contributed by atoms with E-state index in [1.54, 1.807) is 0 Å². The fraction of sp³-hybridized carbons (Fsp3) is 0.385. The molecule has 0 aliphatic heterocycles. The Morgan fingerprint density at radius 2 is 1.81 bits per heavy atom. The number of rotatable bonds is 6. The number of carboxylic acids is 2. The molecule has 0 aromatic heterocycles. The van der Waals surface area contributed by atoms with Crippen LogP contribution < -0.4 is 0 Å². The monoisotopic (exact) mass is 299 g/mol. The Bertz CT molecular complexity index is 599. The Labute approximate surface area is 119 Å². The number of nitrogens with zero attached hydrogens (tertiary/aromatic N) is 1. The molecule has 7 nitrogen and oxygen atoms in total. The van der Waals surface area contributed by atoms with Crippen LogP contribution >= 0.6 is 0 Å². The summed E-state index contributed by atoms with van der Waals surface area (Å²) in [6.45, 7) is 2.82. The van der Waals surface area contributed by atoms with Gasteiger partial charge in [0, 0.05) is 6.07 Å². The number of nitro benzene ring substituents is 1. The maximum Gasteiger partial charge on any atom is 0.325 e. The smallest absolute Gasteiger partial charge is 0.325 e. The van der Waals surface area contributed by atoms with Crippen molar-refractivity contribution >= 4 is 17.6 Å². The number of benzene rings is 1. The van der Waals surface area contributed by atoms with E-state index in [1.165, 1.54) is 13.8 Å². The Kier molecular flexibility index (Phi) is 4.62. The minimum atomic E-state index is -2.33. The van der Waals surface area contributed by atoms with Gasteiger partial charge >= 0.3 is 17.6 Å². The zero-order chi connectivity index (χ0) is 16.4. The van der Waals surface area contributed by atoms with Crippen LogP contribution in [0.3, 0.4) is 0 Å². The molecule has 1 aromatic carbocycles. The third-order valence-electron chi connectivity index (χ3n) is 3.49. The molecule has 0 radical (unpaired) electrons. The highest BCUT2D eigenvalue weighted by molar-refractivity contribution is 6.05. The number of hydrogen-bond acceptors (Lipinski definition) is 4. The zero-order valence-electron chi connectivity index (χ0n) is 11.4. The van der Waals surface area contributed by atoms with Crippen LogP contribution in [0.25, 0.3) is 0 Å². The molecule has 0 bridgehead atoms. The lowest BCUT2D eigenvalue weighted by molar-refractivity contribution is -0.387. The molecular weight excluding hydrogens is 285 g/mol. The summed E-state index contributed by atoms with van der Waals surface area (Å²) >= 11 is 0. The van der Waals surface area contributed by atoms with E-state index in [4.69, 9.17) is 0 Å². The van der Waals surface area contributed by atoms with Gasteiger partial charge in [-0.25, -0.2) is 0 Å². The number of halogens is 1. The first-order valence-electron chi connectivity index (χ1n) is 6.17. The maximum absolute atomic E-state index is 14.2. The van der Waals surface area contributed by atoms with Crippen LogP contribution in [0, 0.1) is 15.9 Å². The standard InChI is InChI=1S/C13H14FNO6/c1-3-7-8(5-6-9(10(7)14)15(20)21)13(4-2,11(16)17)12(18)19/h5-6H,3-4H2,1-2H3,(H,16,17)(H,18,19). The van der Waals surface area contributed by atoms with Crippen LogP contribution in [0.4, 0.5) is 10.1 Å². The van der Waals surface area contributed by atoms with Gasteiger partial charge in [-0.2, -0.15) is 4.39 Å². The normalized spacial score (nSPS) is 11.2. The van der Waals surface area contributed by atoms with Crippen LogP contribution in [0.1, 0.15) is 31.4 Å². The van der Waals surface area contributed by atoms with E-state index in [0.717, 1.165) is 12.1 Å². The predicted octanol–water partition coefficient (Wildman–Crippen LogP) is 2.11. The predicted molar refractivity (Wildman–Crippen MR) is 69.7 cm³/mol. The number of carboxylic acid groups (broad SMARTS) is 2. The summed E-state index contributed by atoms with van der Waals surface area (Å²) in [6, 6.07) is 1.80. The van der Waals surface area contributed by atoms with Crippen LogP contribution in [0.5, 0.6) is 0 Å². The average molecular weight is 299 g/mol. The topological polar surface area (TPSA) is 118 Å². The van der Waals surface area contributed by atoms with E-state index in [1.807, 2.05) is 0 Å². The highest BCUT2D eigenvalue weighted by atomic mass is 19.1. The quantitative estimate of drug-likeness (QED) is 0.472. The Balaban J connectivity index is 3.77. The number of carbonyl (C=O) groups is 2. The molecule has 0 saturated carbocycles. The van der Waals surface area contributed by atoms with E-state index < -0.39 is 33.8 Å². The van der Waals surface area contributed by atoms with Gasteiger partial charge in [0.25, 0.3) is 0 Å². The van der Waals surface area contributed by atoms with Crippen molar-refractivity contribution in [1.82, 2.24) is 0 Å². The van der Waals surface area contributed by atoms with Gasteiger partial charge in [-0.3, -0.25) is 19.7 Å². The van der Waals surface area contributed by atoms with E-state index in [2.05, 4.69) is 0 Å². The largest absolute Gasteiger partial charge is 0.480 e. The second-order valence-electron chi connectivity index (χ2n) is 4.40. The molecule has 21 heavy (non-hydrogen) atoms. The van der Waals surface area contributed by atoms with E-state index in [0.29, 0.717) is 0 Å². The maximum atomic E-state index is 14.2. The molecule has 0 unspecified atom stereocenters. The average Bonchev–Trinajstić information content (AvgIpc) is 2.39. The van der Waals surface area contributed by atoms with Gasteiger partial charge < -0.3 is 10.2 Å². The third-order valence-corrected chi connectivity index (χ3v) is 3.49. The molecule has 114 valence electrons. The summed E-state index contributed by atoms with van der Waals surface area (Å²) in [4.78, 5) is 32.7. The summed E-state index contributed by atoms with van der Waals surface area (Å²) in [5.74, 6) is -4.47. The lowest BCUT2D eigenvalue weighted by Gasteiger charge is -2.26. The molecule has 0 spiro atoms. The van der Waals surface area contributed by atoms with Crippen molar-refractivity contribution in [3.05, 3.63) is 39.2 Å². The van der Waals surface area contributed by atoms with E-state index in [9.17, 15) is 34.3 Å². The molecule has 2 N–H and O–H groups in total. The van der Waals surface area contributed by atoms with Gasteiger partial charge in [0.15, 0.2) is 5.41 Å². The van der Waals surface area contributed by atoms with Gasteiger partial charge in [0.1, 0.15) is 0 Å². The molecule has 0 heterocycles. The Morgan fingerprint density at radius 3 is 2.14 bits per heavy atom. The number of aliphatic carboxylic acids is 2. The summed E-state index contributed by atoms with van der Waals surface area (Å²) in [5.41, 5.74) is -3.68. The van der Waals surface area contributed by atoms with Crippen molar-refractivity contribution in [3.63, 3.8) is 0 Å². The highest BCUT2D eigenvalue weighted by Gasteiger charge is 2.48. The highest BCUT2D eigenvalue weighted by Crippen LogP contribution is 2.36. The number of nitro groups is 1. The lowest BCUT2D eigenvalue weighted by atomic mass is 9.75. The van der Waals surface area contributed by atoms with Crippen molar-refractivity contribution in [2.45, 2.75) is 32.1 Å². The molecule has 8 heteroatoms. The van der Waals surface area contributed by atoms with Crippen LogP contribution in [-0.4, -0.2) is 27.1 Å². The first-order valence-corrected chi connectivity index (χ1v) is 6.17. The molecule has 1 aromatic rings. The van der Waals surface area contributed by atoms with Gasteiger partial charge in [-0.05, 0) is 30.0 Å². The minimum absolute atomic E-state index is 0.0643. The molecule has 0 aliphatic rings. The van der Waals surface area contributed by atoms with Crippen molar-refractivity contribution in [3.8, 4) is 0 Å². The van der Waals surface area contributed by atoms with E-state index >= 15 is 0 Å². The third kappa shape index (κ3) is 2.44. The van der Waals surface area contributed by atoms with Gasteiger partial charge in [-0.1, -0.05) is 13.8 Å². The molecule has 0 saturated heterocycles. The summed E-state index contributed by atoms with van der Waals surface area (Å²) in [5, 5.41) is 29.3. The van der Waals surface area contributed by atoms with Crippen molar-refractivity contribution in [2.24, 2.45) is 0 Å². The molecule has 1 rings (SSSR count). The molecule has 0 aliphatic carbocycles. The van der Waals surface area contributed by atoms with E-state index in [-0.39, 0.29) is 24.0 Å². The first kappa shape index (κ1) is 16.5. The lowest BCUT2D eigenvalue weighted by Crippen LogP contribution is -2.44. The van der Waals surface area contributed by atoms with Gasteiger partial charge in [-0.15, -0.1) is 0 Å². The Morgan fingerprint density at radius 1 is 1.29 bits per heavy atom. The SMILES string of the molecule is CCc1c(C(CC)(C(=O)O)C(=O)O)ccc([N+](=O)[O-])c1F. The molecular formula is C13H14FNO6. The second-order valence-corrected chi connectivity index (χ2v) is 4.40. The summed E-state index contributed by atoms with van der Waals surface area (Å²) in [6.07, 6.45) is -0.382. The second kappa shape index (κ2) is 5.86.